The standard InChI is InChI=1S/C18H28N2O2/c1-22-17-10-6-5-9-16(17)11-12-19-18(21)15-20-13-7-3-2-4-8-14-20/h5-6,9-10H,2-4,7-8,11-15H2,1H3,(H,19,21)/p+1. The number of methoxy groups -OCH3 is 1. The van der Waals surface area contributed by atoms with Crippen molar-refractivity contribution in [3.05, 3.63) is 29.8 Å². The number of likely N-dealkylation sites (tertiary alicyclic amines) is 1. The summed E-state index contributed by atoms with van der Waals surface area (Å²) in [5.74, 6) is 1.07. The highest BCUT2D eigenvalue weighted by molar-refractivity contribution is 5.76. The van der Waals surface area contributed by atoms with E-state index in [1.165, 1.54) is 37.0 Å². The van der Waals surface area contributed by atoms with E-state index in [0.29, 0.717) is 13.1 Å². The van der Waals surface area contributed by atoms with Gasteiger partial charge in [0.15, 0.2) is 6.54 Å². The number of para-hydroxylation sites is 1. The van der Waals surface area contributed by atoms with Gasteiger partial charge in [-0.25, -0.2) is 0 Å². The quantitative estimate of drug-likeness (QED) is 0.829. The van der Waals surface area contributed by atoms with Crippen molar-refractivity contribution in [2.45, 2.75) is 38.5 Å². The second-order valence-electron chi connectivity index (χ2n) is 6.11. The van der Waals surface area contributed by atoms with Crippen LogP contribution in [-0.4, -0.2) is 39.2 Å². The molecular weight excluding hydrogens is 276 g/mol. The zero-order valence-corrected chi connectivity index (χ0v) is 13.7. The molecule has 0 atom stereocenters. The summed E-state index contributed by atoms with van der Waals surface area (Å²) in [6.45, 7) is 3.57. The van der Waals surface area contributed by atoms with Crippen molar-refractivity contribution in [1.82, 2.24) is 5.32 Å². The summed E-state index contributed by atoms with van der Waals surface area (Å²) in [4.78, 5) is 13.5. The highest BCUT2D eigenvalue weighted by Crippen LogP contribution is 2.17. The minimum atomic E-state index is 0.172. The fourth-order valence-electron chi connectivity index (χ4n) is 3.12. The SMILES string of the molecule is COc1ccccc1CCNC(=O)C[NH+]1CCCCCCC1. The maximum Gasteiger partial charge on any atom is 0.275 e. The molecule has 122 valence electrons. The first kappa shape index (κ1) is 16.8. The van der Waals surface area contributed by atoms with Crippen LogP contribution in [0.15, 0.2) is 24.3 Å². The molecule has 1 saturated heterocycles. The summed E-state index contributed by atoms with van der Waals surface area (Å²) in [6, 6.07) is 7.98. The first-order valence-corrected chi connectivity index (χ1v) is 8.52. The molecule has 1 amide bonds. The van der Waals surface area contributed by atoms with E-state index < -0.39 is 0 Å². The normalized spacial score (nSPS) is 16.6. The minimum absolute atomic E-state index is 0.172. The Morgan fingerprint density at radius 2 is 1.82 bits per heavy atom. The second-order valence-corrected chi connectivity index (χ2v) is 6.11. The maximum absolute atomic E-state index is 12.1. The number of nitrogens with one attached hydrogen (secondary N) is 2. The molecule has 4 nitrogen and oxygen atoms in total. The van der Waals surface area contributed by atoms with Gasteiger partial charge in [0.25, 0.3) is 5.91 Å². The summed E-state index contributed by atoms with van der Waals surface area (Å²) >= 11 is 0. The largest absolute Gasteiger partial charge is 0.496 e. The van der Waals surface area contributed by atoms with Crippen LogP contribution in [0.4, 0.5) is 0 Å². The molecule has 1 aliphatic rings. The molecule has 4 heteroatoms. The molecule has 1 fully saturated rings. The molecule has 1 aromatic rings. The summed E-state index contributed by atoms with van der Waals surface area (Å²) in [7, 11) is 1.68. The van der Waals surface area contributed by atoms with E-state index in [1.54, 1.807) is 7.11 Å². The van der Waals surface area contributed by atoms with Crippen LogP contribution in [0, 0.1) is 0 Å². The second kappa shape index (κ2) is 9.46. The van der Waals surface area contributed by atoms with Crippen molar-refractivity contribution >= 4 is 5.91 Å². The van der Waals surface area contributed by atoms with Gasteiger partial charge >= 0.3 is 0 Å². The maximum atomic E-state index is 12.1. The van der Waals surface area contributed by atoms with Crippen molar-refractivity contribution in [2.75, 3.05) is 33.3 Å². The Morgan fingerprint density at radius 3 is 2.55 bits per heavy atom. The molecule has 0 aliphatic carbocycles. The predicted octanol–water partition coefficient (Wildman–Crippen LogP) is 1.20. The molecule has 0 saturated carbocycles. The Labute approximate surface area is 133 Å². The fraction of sp³-hybridized carbons (Fsp3) is 0.611. The van der Waals surface area contributed by atoms with E-state index in [4.69, 9.17) is 4.74 Å². The van der Waals surface area contributed by atoms with Crippen molar-refractivity contribution in [3.63, 3.8) is 0 Å². The third-order valence-electron chi connectivity index (χ3n) is 4.38. The molecule has 2 N–H and O–H groups in total. The van der Waals surface area contributed by atoms with Crippen LogP contribution in [0.5, 0.6) is 5.75 Å². The van der Waals surface area contributed by atoms with E-state index in [-0.39, 0.29) is 5.91 Å². The molecule has 1 aliphatic heterocycles. The third-order valence-corrected chi connectivity index (χ3v) is 4.38. The minimum Gasteiger partial charge on any atom is -0.496 e. The molecule has 22 heavy (non-hydrogen) atoms. The Bertz CT molecular complexity index is 454. The number of ether oxygens (including phenoxy) is 1. The van der Waals surface area contributed by atoms with Crippen LogP contribution in [-0.2, 0) is 11.2 Å². The Kier molecular flexibility index (Phi) is 7.23. The van der Waals surface area contributed by atoms with Gasteiger partial charge in [0.05, 0.1) is 20.2 Å². The van der Waals surface area contributed by atoms with Crippen molar-refractivity contribution in [2.24, 2.45) is 0 Å². The molecule has 0 spiro atoms. The number of quaternary nitrogens is 1. The number of carbonyl (C=O) groups excluding carboxylic acids is 1. The Morgan fingerprint density at radius 1 is 1.14 bits per heavy atom. The fourth-order valence-corrected chi connectivity index (χ4v) is 3.12. The van der Waals surface area contributed by atoms with Crippen LogP contribution in [0.3, 0.4) is 0 Å². The van der Waals surface area contributed by atoms with E-state index in [1.807, 2.05) is 18.2 Å². The molecule has 0 unspecified atom stereocenters. The smallest absolute Gasteiger partial charge is 0.275 e. The summed E-state index contributed by atoms with van der Waals surface area (Å²) in [5.41, 5.74) is 1.14. The van der Waals surface area contributed by atoms with E-state index >= 15 is 0 Å². The monoisotopic (exact) mass is 305 g/mol. The molecule has 2 rings (SSSR count). The van der Waals surface area contributed by atoms with Gasteiger partial charge in [-0.05, 0) is 43.7 Å². The third kappa shape index (κ3) is 5.68. The molecule has 1 aromatic carbocycles. The summed E-state index contributed by atoms with van der Waals surface area (Å²) in [5, 5.41) is 3.05. The molecule has 0 aromatic heterocycles. The highest BCUT2D eigenvalue weighted by Gasteiger charge is 2.15. The average molecular weight is 305 g/mol. The Hall–Kier alpha value is -1.55. The first-order chi connectivity index (χ1) is 10.8. The Balaban J connectivity index is 1.70. The number of carbonyl (C=O) groups is 1. The van der Waals surface area contributed by atoms with Crippen molar-refractivity contribution in [1.29, 1.82) is 0 Å². The van der Waals surface area contributed by atoms with E-state index in [2.05, 4.69) is 11.4 Å². The topological polar surface area (TPSA) is 42.8 Å². The average Bonchev–Trinajstić information content (AvgIpc) is 2.50. The lowest BCUT2D eigenvalue weighted by atomic mass is 10.1. The summed E-state index contributed by atoms with van der Waals surface area (Å²) < 4.78 is 5.33. The van der Waals surface area contributed by atoms with Gasteiger partial charge in [0, 0.05) is 6.54 Å². The van der Waals surface area contributed by atoms with Crippen LogP contribution in [0.1, 0.15) is 37.7 Å². The lowest BCUT2D eigenvalue weighted by molar-refractivity contribution is -0.893. The van der Waals surface area contributed by atoms with Gasteiger partial charge in [0.1, 0.15) is 5.75 Å². The highest BCUT2D eigenvalue weighted by atomic mass is 16.5. The van der Waals surface area contributed by atoms with Crippen LogP contribution in [0.25, 0.3) is 0 Å². The number of amides is 1. The van der Waals surface area contributed by atoms with E-state index in [9.17, 15) is 4.79 Å². The zero-order valence-electron chi connectivity index (χ0n) is 13.7. The van der Waals surface area contributed by atoms with Gasteiger partial charge in [0.2, 0.25) is 0 Å². The molecule has 0 radical (unpaired) electrons. The molecular formula is C18H29N2O2+. The molecule has 1 heterocycles. The van der Waals surface area contributed by atoms with Crippen LogP contribution in [0.2, 0.25) is 0 Å². The van der Waals surface area contributed by atoms with Crippen molar-refractivity contribution < 1.29 is 14.4 Å². The van der Waals surface area contributed by atoms with E-state index in [0.717, 1.165) is 30.8 Å². The number of rotatable bonds is 6. The van der Waals surface area contributed by atoms with Crippen LogP contribution < -0.4 is 15.0 Å². The predicted molar refractivity (Wildman–Crippen MR) is 88.4 cm³/mol. The van der Waals surface area contributed by atoms with Gasteiger partial charge in [-0.2, -0.15) is 0 Å². The van der Waals surface area contributed by atoms with Gasteiger partial charge in [-0.15, -0.1) is 0 Å². The number of benzene rings is 1. The zero-order chi connectivity index (χ0) is 15.6. The van der Waals surface area contributed by atoms with Crippen molar-refractivity contribution in [3.8, 4) is 5.75 Å². The number of hydrogen-bond donors (Lipinski definition) is 2. The number of hydrogen-bond acceptors (Lipinski definition) is 2. The van der Waals surface area contributed by atoms with Crippen LogP contribution >= 0.6 is 0 Å². The summed E-state index contributed by atoms with van der Waals surface area (Å²) in [6.07, 6.45) is 7.31. The molecule has 0 bridgehead atoms. The lowest BCUT2D eigenvalue weighted by Gasteiger charge is -2.21. The van der Waals surface area contributed by atoms with Gasteiger partial charge in [-0.3, -0.25) is 4.79 Å². The first-order valence-electron chi connectivity index (χ1n) is 8.52. The van der Waals surface area contributed by atoms with Gasteiger partial charge < -0.3 is 15.0 Å². The lowest BCUT2D eigenvalue weighted by Crippen LogP contribution is -3.13. The van der Waals surface area contributed by atoms with Gasteiger partial charge in [-0.1, -0.05) is 24.6 Å².